The number of rotatable bonds is 9. The number of nitrogens with one attached hydrogen (secondary N) is 2. The minimum atomic E-state index is -4.11. The van der Waals surface area contributed by atoms with Gasteiger partial charge in [-0.2, -0.15) is 13.2 Å². The summed E-state index contributed by atoms with van der Waals surface area (Å²) in [5, 5.41) is 3.94. The highest BCUT2D eigenvalue weighted by atomic mass is 19.4. The molecule has 2 heterocycles. The van der Waals surface area contributed by atoms with E-state index in [0.29, 0.717) is 44.1 Å². The monoisotopic (exact) mass is 479 g/mol. The summed E-state index contributed by atoms with van der Waals surface area (Å²) in [6, 6.07) is 5.80. The lowest BCUT2D eigenvalue weighted by molar-refractivity contribution is -0.144. The van der Waals surface area contributed by atoms with Gasteiger partial charge in [0.25, 0.3) is 0 Å². The fourth-order valence-electron chi connectivity index (χ4n) is 5.90. The predicted octanol–water partition coefficient (Wildman–Crippen LogP) is 4.82. The number of methoxy groups -OCH3 is 1. The molecule has 0 radical (unpaired) electrons. The first-order chi connectivity index (χ1) is 16.2. The molecular formula is C25H32F3N3O3. The Balaban J connectivity index is 1.12. The molecule has 2 aliphatic carbocycles. The van der Waals surface area contributed by atoms with Crippen molar-refractivity contribution in [3.8, 4) is 5.75 Å². The van der Waals surface area contributed by atoms with Crippen LogP contribution in [0.25, 0.3) is 10.9 Å². The van der Waals surface area contributed by atoms with Crippen LogP contribution in [0.5, 0.6) is 5.75 Å². The van der Waals surface area contributed by atoms with Gasteiger partial charge in [0.2, 0.25) is 5.91 Å². The summed E-state index contributed by atoms with van der Waals surface area (Å²) in [6.07, 6.45) is 2.24. The Hall–Kier alpha value is -2.26. The maximum absolute atomic E-state index is 12.7. The summed E-state index contributed by atoms with van der Waals surface area (Å²) in [6.45, 7) is 1.34. The van der Waals surface area contributed by atoms with Crippen molar-refractivity contribution in [1.29, 1.82) is 0 Å². The molecule has 186 valence electrons. The number of carbonyl (C=O) groups excluding carboxylic acids is 1. The molecule has 5 rings (SSSR count). The number of hydrogen-bond donors (Lipinski definition) is 2. The summed E-state index contributed by atoms with van der Waals surface area (Å²) in [5.41, 5.74) is 1.25. The highest BCUT2D eigenvalue weighted by Crippen LogP contribution is 2.47. The first-order valence-corrected chi connectivity index (χ1v) is 12.1. The standard InChI is InChI=1S/C25H32F3N3O3/c1-33-15-24(5-6-24)23(32)30-22-11-29-21-3-2-19(10-20(21)22)34-7-4-16-8-17-12-31(13-18(17)9-16)14-25(26,27)28/h2-3,10-11,16-18,29H,4-9,12-15H2,1H3,(H,30,32)/t16?,17-,18+. The Labute approximate surface area is 197 Å². The van der Waals surface area contributed by atoms with Crippen LogP contribution in [0.2, 0.25) is 0 Å². The third-order valence-corrected chi connectivity index (χ3v) is 7.78. The normalized spacial score (nSPS) is 26.1. The number of benzene rings is 1. The minimum absolute atomic E-state index is 0.0119. The number of aromatic nitrogens is 1. The molecule has 1 unspecified atom stereocenters. The third-order valence-electron chi connectivity index (χ3n) is 7.78. The van der Waals surface area contributed by atoms with E-state index >= 15 is 0 Å². The predicted molar refractivity (Wildman–Crippen MR) is 123 cm³/mol. The zero-order chi connectivity index (χ0) is 23.9. The van der Waals surface area contributed by atoms with Crippen molar-refractivity contribution in [2.75, 3.05) is 45.3 Å². The average molecular weight is 480 g/mol. The number of ether oxygens (including phenoxy) is 2. The minimum Gasteiger partial charge on any atom is -0.494 e. The molecule has 6 nitrogen and oxygen atoms in total. The quantitative estimate of drug-likeness (QED) is 0.541. The molecule has 3 fully saturated rings. The lowest BCUT2D eigenvalue weighted by atomic mass is 10.0. The average Bonchev–Trinajstić information content (AvgIpc) is 3.10. The first kappa shape index (κ1) is 23.5. The molecule has 2 N–H and O–H groups in total. The zero-order valence-electron chi connectivity index (χ0n) is 19.4. The number of carbonyl (C=O) groups is 1. The molecule has 0 bridgehead atoms. The largest absolute Gasteiger partial charge is 0.494 e. The molecule has 0 spiro atoms. The molecule has 2 aromatic rings. The van der Waals surface area contributed by atoms with Gasteiger partial charge in [-0.3, -0.25) is 9.69 Å². The van der Waals surface area contributed by atoms with Crippen LogP contribution in [0, 0.1) is 23.2 Å². The van der Waals surface area contributed by atoms with Gasteiger partial charge in [-0.15, -0.1) is 0 Å². The lowest BCUT2D eigenvalue weighted by Gasteiger charge is -2.20. The van der Waals surface area contributed by atoms with Gasteiger partial charge in [-0.25, -0.2) is 0 Å². The molecule has 3 atom stereocenters. The van der Waals surface area contributed by atoms with Gasteiger partial charge >= 0.3 is 6.18 Å². The van der Waals surface area contributed by atoms with Crippen LogP contribution in [-0.4, -0.2) is 61.9 Å². The Kier molecular flexibility index (Phi) is 6.27. The molecule has 3 aliphatic rings. The van der Waals surface area contributed by atoms with Crippen LogP contribution in [-0.2, 0) is 9.53 Å². The van der Waals surface area contributed by atoms with Gasteiger partial charge < -0.3 is 19.8 Å². The van der Waals surface area contributed by atoms with Crippen molar-refractivity contribution in [1.82, 2.24) is 9.88 Å². The second-order valence-corrected chi connectivity index (χ2v) is 10.4. The number of aromatic amines is 1. The second-order valence-electron chi connectivity index (χ2n) is 10.4. The van der Waals surface area contributed by atoms with E-state index in [2.05, 4.69) is 10.3 Å². The first-order valence-electron chi connectivity index (χ1n) is 12.1. The van der Waals surface area contributed by atoms with E-state index in [1.165, 1.54) is 0 Å². The van der Waals surface area contributed by atoms with Crippen LogP contribution < -0.4 is 10.1 Å². The molecular weight excluding hydrogens is 447 g/mol. The molecule has 2 saturated carbocycles. The molecule has 1 saturated heterocycles. The lowest BCUT2D eigenvalue weighted by Crippen LogP contribution is -2.33. The van der Waals surface area contributed by atoms with Gasteiger partial charge in [-0.1, -0.05) is 0 Å². The summed E-state index contributed by atoms with van der Waals surface area (Å²) in [4.78, 5) is 17.5. The summed E-state index contributed by atoms with van der Waals surface area (Å²) in [5.74, 6) is 1.99. The van der Waals surface area contributed by atoms with Crippen molar-refractivity contribution >= 4 is 22.5 Å². The zero-order valence-corrected chi connectivity index (χ0v) is 19.4. The van der Waals surface area contributed by atoms with E-state index in [9.17, 15) is 18.0 Å². The van der Waals surface area contributed by atoms with Crippen LogP contribution in [0.4, 0.5) is 18.9 Å². The van der Waals surface area contributed by atoms with E-state index in [0.717, 1.165) is 54.4 Å². The Morgan fingerprint density at radius 2 is 1.97 bits per heavy atom. The van der Waals surface area contributed by atoms with Gasteiger partial charge in [-0.05, 0) is 68.1 Å². The molecule has 1 aliphatic heterocycles. The number of amides is 1. The van der Waals surface area contributed by atoms with Crippen molar-refractivity contribution < 1.29 is 27.4 Å². The van der Waals surface area contributed by atoms with Crippen molar-refractivity contribution in [3.63, 3.8) is 0 Å². The van der Waals surface area contributed by atoms with E-state index in [1.807, 2.05) is 18.2 Å². The smallest absolute Gasteiger partial charge is 0.401 e. The summed E-state index contributed by atoms with van der Waals surface area (Å²) < 4.78 is 49.2. The molecule has 9 heteroatoms. The fourth-order valence-corrected chi connectivity index (χ4v) is 5.90. The van der Waals surface area contributed by atoms with Crippen molar-refractivity contribution in [3.05, 3.63) is 24.4 Å². The maximum atomic E-state index is 12.7. The SMILES string of the molecule is COCC1(C(=O)Nc2c[nH]c3ccc(OCCC4C[C@@H]5CN(CC(F)(F)F)C[C@@H]5C4)cc23)CC1. The Morgan fingerprint density at radius 3 is 2.62 bits per heavy atom. The van der Waals surface area contributed by atoms with E-state index < -0.39 is 18.1 Å². The van der Waals surface area contributed by atoms with Crippen LogP contribution >= 0.6 is 0 Å². The summed E-state index contributed by atoms with van der Waals surface area (Å²) >= 11 is 0. The van der Waals surface area contributed by atoms with Crippen molar-refractivity contribution in [2.24, 2.45) is 23.2 Å². The van der Waals surface area contributed by atoms with Crippen molar-refractivity contribution in [2.45, 2.75) is 38.3 Å². The molecule has 34 heavy (non-hydrogen) atoms. The molecule has 1 aromatic heterocycles. The summed E-state index contributed by atoms with van der Waals surface area (Å²) in [7, 11) is 1.61. The van der Waals surface area contributed by atoms with Crippen LogP contribution in [0.1, 0.15) is 32.1 Å². The number of H-pyrrole nitrogens is 1. The highest BCUT2D eigenvalue weighted by Gasteiger charge is 2.50. The number of halogens is 3. The van der Waals surface area contributed by atoms with E-state index in [-0.39, 0.29) is 5.91 Å². The maximum Gasteiger partial charge on any atom is 0.401 e. The van der Waals surface area contributed by atoms with Gasteiger partial charge in [0.1, 0.15) is 5.75 Å². The topological polar surface area (TPSA) is 66.6 Å². The van der Waals surface area contributed by atoms with E-state index in [1.54, 1.807) is 18.2 Å². The third kappa shape index (κ3) is 5.05. The van der Waals surface area contributed by atoms with Gasteiger partial charge in [0.05, 0.1) is 30.9 Å². The number of likely N-dealkylation sites (tertiary alicyclic amines) is 1. The number of anilines is 1. The molecule has 1 aromatic carbocycles. The van der Waals surface area contributed by atoms with Crippen LogP contribution in [0.15, 0.2) is 24.4 Å². The number of hydrogen-bond acceptors (Lipinski definition) is 4. The number of nitrogens with zero attached hydrogens (tertiary/aromatic N) is 1. The second kappa shape index (κ2) is 9.07. The Bertz CT molecular complexity index is 1020. The van der Waals surface area contributed by atoms with Gasteiger partial charge in [0, 0.05) is 37.3 Å². The highest BCUT2D eigenvalue weighted by molar-refractivity contribution is 6.04. The van der Waals surface area contributed by atoms with E-state index in [4.69, 9.17) is 9.47 Å². The molecule has 1 amide bonds. The fraction of sp³-hybridized carbons (Fsp3) is 0.640. The van der Waals surface area contributed by atoms with Crippen LogP contribution in [0.3, 0.4) is 0 Å². The number of fused-ring (bicyclic) bond motifs is 2. The van der Waals surface area contributed by atoms with Gasteiger partial charge in [0.15, 0.2) is 0 Å². The number of alkyl halides is 3. The Morgan fingerprint density at radius 1 is 1.24 bits per heavy atom.